The summed E-state index contributed by atoms with van der Waals surface area (Å²) in [6.07, 6.45) is 1.17. The van der Waals surface area contributed by atoms with E-state index in [4.69, 9.17) is 0 Å². The lowest BCUT2D eigenvalue weighted by Crippen LogP contribution is -2.27. The second kappa shape index (κ2) is 6.84. The van der Waals surface area contributed by atoms with Crippen molar-refractivity contribution in [3.05, 3.63) is 30.3 Å². The van der Waals surface area contributed by atoms with Gasteiger partial charge in [-0.3, -0.25) is 0 Å². The van der Waals surface area contributed by atoms with E-state index in [1.165, 1.54) is 6.42 Å². The molecule has 1 N–H and O–H groups in total. The summed E-state index contributed by atoms with van der Waals surface area (Å²) in [6.45, 7) is 4.21. The first kappa shape index (κ1) is 14.2. The summed E-state index contributed by atoms with van der Waals surface area (Å²) in [5, 5.41) is 14.1. The predicted molar refractivity (Wildman–Crippen MR) is 82.3 cm³/mol. The van der Waals surface area contributed by atoms with Crippen LogP contribution in [0.15, 0.2) is 30.3 Å². The highest BCUT2D eigenvalue weighted by molar-refractivity contribution is 7.18. The van der Waals surface area contributed by atoms with E-state index in [2.05, 4.69) is 32.5 Å². The van der Waals surface area contributed by atoms with Gasteiger partial charge in [-0.25, -0.2) is 0 Å². The predicted octanol–water partition coefficient (Wildman–Crippen LogP) is 2.43. The quantitative estimate of drug-likeness (QED) is 0.924. The molecule has 0 unspecified atom stereocenters. The maximum absolute atomic E-state index is 4.32. The van der Waals surface area contributed by atoms with Crippen LogP contribution in [-0.2, 0) is 0 Å². The van der Waals surface area contributed by atoms with Crippen LogP contribution in [0.2, 0.25) is 0 Å². The Bertz CT molecular complexity index is 494. The van der Waals surface area contributed by atoms with Gasteiger partial charge in [-0.15, -0.1) is 22.6 Å². The van der Waals surface area contributed by atoms with Crippen molar-refractivity contribution in [2.45, 2.75) is 6.42 Å². The standard InChI is InChI=1S/C13H16N4S.ClH/c1-2-5-11(6-3-1)12-15-16-13(18-12)17-9-4-7-14-8-10-17;/h1-3,5-6,14H,4,7-10H2;1H. The molecule has 0 spiro atoms. The number of rotatable bonds is 2. The third kappa shape index (κ3) is 3.43. The summed E-state index contributed by atoms with van der Waals surface area (Å²) < 4.78 is 0. The van der Waals surface area contributed by atoms with E-state index in [0.717, 1.165) is 41.9 Å². The highest BCUT2D eigenvalue weighted by atomic mass is 35.5. The zero-order valence-corrected chi connectivity index (χ0v) is 12.2. The fraction of sp³-hybridized carbons (Fsp3) is 0.385. The van der Waals surface area contributed by atoms with Gasteiger partial charge in [0.2, 0.25) is 5.13 Å². The molecule has 0 atom stereocenters. The van der Waals surface area contributed by atoms with Crippen LogP contribution in [0.1, 0.15) is 6.42 Å². The molecule has 0 bridgehead atoms. The number of hydrogen-bond acceptors (Lipinski definition) is 5. The molecule has 0 aliphatic carbocycles. The van der Waals surface area contributed by atoms with Crippen molar-refractivity contribution in [1.82, 2.24) is 15.5 Å². The number of halogens is 1. The Morgan fingerprint density at radius 2 is 1.89 bits per heavy atom. The van der Waals surface area contributed by atoms with Gasteiger partial charge in [0.1, 0.15) is 5.01 Å². The van der Waals surface area contributed by atoms with Crippen molar-refractivity contribution in [3.63, 3.8) is 0 Å². The molecule has 0 radical (unpaired) electrons. The van der Waals surface area contributed by atoms with Gasteiger partial charge in [0, 0.05) is 25.2 Å². The molecule has 3 rings (SSSR count). The van der Waals surface area contributed by atoms with Crippen molar-refractivity contribution in [2.75, 3.05) is 31.1 Å². The van der Waals surface area contributed by atoms with E-state index in [-0.39, 0.29) is 12.4 Å². The van der Waals surface area contributed by atoms with Gasteiger partial charge in [-0.1, -0.05) is 41.7 Å². The topological polar surface area (TPSA) is 41.1 Å². The Labute approximate surface area is 123 Å². The normalized spacial score (nSPS) is 15.7. The number of nitrogens with one attached hydrogen (secondary N) is 1. The first-order valence-electron chi connectivity index (χ1n) is 6.28. The molecular formula is C13H17ClN4S. The summed E-state index contributed by atoms with van der Waals surface area (Å²) in [5.41, 5.74) is 1.15. The summed E-state index contributed by atoms with van der Waals surface area (Å²) in [4.78, 5) is 2.32. The molecule has 2 aromatic rings. The van der Waals surface area contributed by atoms with Crippen LogP contribution < -0.4 is 10.2 Å². The van der Waals surface area contributed by atoms with Crippen LogP contribution in [0.5, 0.6) is 0 Å². The average molecular weight is 297 g/mol. The van der Waals surface area contributed by atoms with E-state index < -0.39 is 0 Å². The van der Waals surface area contributed by atoms with Crippen molar-refractivity contribution < 1.29 is 0 Å². The van der Waals surface area contributed by atoms with E-state index in [0.29, 0.717) is 0 Å². The molecule has 1 aromatic heterocycles. The molecule has 1 saturated heterocycles. The van der Waals surface area contributed by atoms with Gasteiger partial charge in [0.05, 0.1) is 0 Å². The van der Waals surface area contributed by atoms with Crippen molar-refractivity contribution in [3.8, 4) is 10.6 Å². The lowest BCUT2D eigenvalue weighted by Gasteiger charge is -2.17. The molecular weight excluding hydrogens is 280 g/mol. The molecule has 1 fully saturated rings. The number of anilines is 1. The monoisotopic (exact) mass is 296 g/mol. The lowest BCUT2D eigenvalue weighted by atomic mass is 10.2. The second-order valence-electron chi connectivity index (χ2n) is 4.35. The third-order valence-electron chi connectivity index (χ3n) is 3.05. The Morgan fingerprint density at radius 1 is 1.05 bits per heavy atom. The number of nitrogens with zero attached hydrogens (tertiary/aromatic N) is 3. The minimum Gasteiger partial charge on any atom is -0.345 e. The van der Waals surface area contributed by atoms with Crippen LogP contribution in [0.4, 0.5) is 5.13 Å². The molecule has 1 aliphatic heterocycles. The Morgan fingerprint density at radius 3 is 2.74 bits per heavy atom. The summed E-state index contributed by atoms with van der Waals surface area (Å²) in [6, 6.07) is 10.2. The van der Waals surface area contributed by atoms with E-state index in [1.54, 1.807) is 11.3 Å². The summed E-state index contributed by atoms with van der Waals surface area (Å²) in [7, 11) is 0. The molecule has 0 saturated carbocycles. The Hall–Kier alpha value is -1.17. The second-order valence-corrected chi connectivity index (χ2v) is 5.30. The van der Waals surface area contributed by atoms with Gasteiger partial charge >= 0.3 is 0 Å². The zero-order chi connectivity index (χ0) is 12.2. The largest absolute Gasteiger partial charge is 0.345 e. The van der Waals surface area contributed by atoms with Gasteiger partial charge in [-0.05, 0) is 13.0 Å². The molecule has 1 aliphatic rings. The molecule has 4 nitrogen and oxygen atoms in total. The van der Waals surface area contributed by atoms with Gasteiger partial charge in [-0.2, -0.15) is 0 Å². The number of hydrogen-bond donors (Lipinski definition) is 1. The highest BCUT2D eigenvalue weighted by Gasteiger charge is 2.14. The van der Waals surface area contributed by atoms with E-state index in [9.17, 15) is 0 Å². The van der Waals surface area contributed by atoms with Crippen molar-refractivity contribution in [2.24, 2.45) is 0 Å². The van der Waals surface area contributed by atoms with Crippen LogP contribution in [0, 0.1) is 0 Å². The SMILES string of the molecule is Cl.c1ccc(-c2nnc(N3CCCNCC3)s2)cc1. The molecule has 6 heteroatoms. The van der Waals surface area contributed by atoms with Crippen LogP contribution >= 0.6 is 23.7 Å². The van der Waals surface area contributed by atoms with Crippen LogP contribution in [0.25, 0.3) is 10.6 Å². The minimum absolute atomic E-state index is 0. The van der Waals surface area contributed by atoms with E-state index >= 15 is 0 Å². The lowest BCUT2D eigenvalue weighted by molar-refractivity contribution is 0.724. The number of benzene rings is 1. The van der Waals surface area contributed by atoms with Crippen molar-refractivity contribution >= 4 is 28.9 Å². The fourth-order valence-corrected chi connectivity index (χ4v) is 2.98. The molecule has 1 aromatic carbocycles. The molecule has 102 valence electrons. The highest BCUT2D eigenvalue weighted by Crippen LogP contribution is 2.28. The van der Waals surface area contributed by atoms with E-state index in [1.807, 2.05) is 18.2 Å². The first-order valence-corrected chi connectivity index (χ1v) is 7.10. The average Bonchev–Trinajstić information content (AvgIpc) is 2.76. The van der Waals surface area contributed by atoms with Crippen molar-refractivity contribution in [1.29, 1.82) is 0 Å². The minimum atomic E-state index is 0. The maximum atomic E-state index is 4.32. The van der Waals surface area contributed by atoms with Crippen LogP contribution in [-0.4, -0.2) is 36.4 Å². The van der Waals surface area contributed by atoms with Gasteiger partial charge < -0.3 is 10.2 Å². The Balaban J connectivity index is 0.00000133. The molecule has 19 heavy (non-hydrogen) atoms. The Kier molecular flexibility index (Phi) is 5.13. The fourth-order valence-electron chi connectivity index (χ4n) is 2.08. The number of aromatic nitrogens is 2. The molecule has 0 amide bonds. The van der Waals surface area contributed by atoms with Crippen LogP contribution in [0.3, 0.4) is 0 Å². The first-order chi connectivity index (χ1) is 8.93. The smallest absolute Gasteiger partial charge is 0.208 e. The van der Waals surface area contributed by atoms with Gasteiger partial charge in [0.25, 0.3) is 0 Å². The molecule has 2 heterocycles. The summed E-state index contributed by atoms with van der Waals surface area (Å²) in [5.74, 6) is 0. The zero-order valence-electron chi connectivity index (χ0n) is 10.6. The van der Waals surface area contributed by atoms with Gasteiger partial charge in [0.15, 0.2) is 0 Å². The third-order valence-corrected chi connectivity index (χ3v) is 4.08. The maximum Gasteiger partial charge on any atom is 0.208 e. The summed E-state index contributed by atoms with van der Waals surface area (Å²) >= 11 is 1.68.